The molecular weight excluding hydrogens is 246 g/mol. The molecule has 0 spiro atoms. The zero-order valence-electron chi connectivity index (χ0n) is 7.33. The molecule has 6 N–H and O–H groups in total. The van der Waals surface area contributed by atoms with Gasteiger partial charge >= 0.3 is 16.5 Å². The molecule has 0 unspecified atom stereocenters. The molecule has 8 nitrogen and oxygen atoms in total. The lowest BCUT2D eigenvalue weighted by Gasteiger charge is -1.82. The molecule has 1 rings (SSSR count). The van der Waals surface area contributed by atoms with Crippen LogP contribution < -0.4 is 5.73 Å². The monoisotopic (exact) mass is 256 g/mol. The van der Waals surface area contributed by atoms with Gasteiger partial charge in [0.2, 0.25) is 0 Å². The number of hydrogen-bond donors (Lipinski definition) is 5. The van der Waals surface area contributed by atoms with Gasteiger partial charge in [0.25, 0.3) is 0 Å². The lowest BCUT2D eigenvalue weighted by Crippen LogP contribution is -1.85. The van der Waals surface area contributed by atoms with E-state index in [9.17, 15) is 0 Å². The highest BCUT2D eigenvalue weighted by Crippen LogP contribution is 1.98. The Kier molecular flexibility index (Phi) is 12.1. The average Bonchev–Trinajstić information content (AvgIpc) is 2.03. The predicted molar refractivity (Wildman–Crippen MR) is 52.7 cm³/mol. The molecule has 0 aromatic carbocycles. The van der Waals surface area contributed by atoms with Crippen LogP contribution in [0.1, 0.15) is 0 Å². The SMILES string of the molecule is Nc1ccccn1.O=[P+](O)O.O=[P+](O)O. The van der Waals surface area contributed by atoms with Crippen LogP contribution in [0.2, 0.25) is 0 Å². The van der Waals surface area contributed by atoms with Crippen LogP contribution in [0.15, 0.2) is 24.4 Å². The largest absolute Gasteiger partial charge is 0.692 e. The summed E-state index contributed by atoms with van der Waals surface area (Å²) in [7, 11) is -5.74. The number of hydrogen-bond acceptors (Lipinski definition) is 4. The van der Waals surface area contributed by atoms with E-state index in [1.54, 1.807) is 12.3 Å². The average molecular weight is 256 g/mol. The zero-order chi connectivity index (χ0) is 12.3. The van der Waals surface area contributed by atoms with E-state index < -0.39 is 16.5 Å². The van der Waals surface area contributed by atoms with E-state index in [0.29, 0.717) is 5.82 Å². The molecule has 0 radical (unpaired) electrons. The molecule has 0 saturated heterocycles. The fraction of sp³-hybridized carbons (Fsp3) is 0. The molecule has 0 bridgehead atoms. The zero-order valence-corrected chi connectivity index (χ0v) is 9.12. The molecule has 0 saturated carbocycles. The third kappa shape index (κ3) is 32.1. The van der Waals surface area contributed by atoms with Gasteiger partial charge < -0.3 is 5.73 Å². The fourth-order valence-electron chi connectivity index (χ4n) is 0.376. The van der Waals surface area contributed by atoms with Gasteiger partial charge in [0.05, 0.1) is 0 Å². The Bertz CT molecular complexity index is 275. The standard InChI is InChI=1S/C5H6N2.2HO3P/c6-5-3-1-2-4-7-5;2*1-4(2)3/h1-4H,(H2,6,7);2*(H-,1,2,3)/p+2. The van der Waals surface area contributed by atoms with Crippen LogP contribution in [0.5, 0.6) is 0 Å². The summed E-state index contributed by atoms with van der Waals surface area (Å²) in [4.78, 5) is 32.2. The number of pyridine rings is 1. The van der Waals surface area contributed by atoms with Crippen LogP contribution in [0, 0.1) is 0 Å². The van der Waals surface area contributed by atoms with E-state index in [1.165, 1.54) is 0 Å². The Morgan fingerprint density at radius 3 is 1.60 bits per heavy atom. The van der Waals surface area contributed by atoms with Crippen molar-refractivity contribution in [2.45, 2.75) is 0 Å². The van der Waals surface area contributed by atoms with Crippen molar-refractivity contribution in [3.8, 4) is 0 Å². The number of rotatable bonds is 0. The maximum Gasteiger partial charge on any atom is 0.692 e. The Morgan fingerprint density at radius 1 is 1.07 bits per heavy atom. The molecule has 0 amide bonds. The quantitative estimate of drug-likeness (QED) is 0.404. The van der Waals surface area contributed by atoms with Gasteiger partial charge in [-0.2, -0.15) is 0 Å². The van der Waals surface area contributed by atoms with Crippen molar-refractivity contribution in [1.82, 2.24) is 4.98 Å². The van der Waals surface area contributed by atoms with E-state index in [4.69, 9.17) is 34.4 Å². The Balaban J connectivity index is 0. The normalized spacial score (nSPS) is 7.47. The van der Waals surface area contributed by atoms with Crippen LogP contribution >= 0.6 is 16.5 Å². The summed E-state index contributed by atoms with van der Waals surface area (Å²) in [5.74, 6) is 0.572. The number of nitrogens with zero attached hydrogens (tertiary/aromatic N) is 1. The third-order valence-corrected chi connectivity index (χ3v) is 0.688. The topological polar surface area (TPSA) is 154 Å². The second kappa shape index (κ2) is 11.1. The number of nitrogens with two attached hydrogens (primary N) is 1. The molecule has 0 aliphatic rings. The Morgan fingerprint density at radius 2 is 1.47 bits per heavy atom. The molecular formula is C5H10N2O6P2+2. The van der Waals surface area contributed by atoms with E-state index in [1.807, 2.05) is 12.1 Å². The van der Waals surface area contributed by atoms with Crippen molar-refractivity contribution >= 4 is 22.3 Å². The van der Waals surface area contributed by atoms with Crippen LogP contribution in [-0.4, -0.2) is 24.6 Å². The van der Waals surface area contributed by atoms with E-state index in [2.05, 4.69) is 4.98 Å². The molecule has 0 fully saturated rings. The minimum Gasteiger partial charge on any atom is -0.384 e. The molecule has 1 aromatic heterocycles. The summed E-state index contributed by atoms with van der Waals surface area (Å²) >= 11 is 0. The Labute approximate surface area is 86.9 Å². The van der Waals surface area contributed by atoms with Crippen LogP contribution in [0.3, 0.4) is 0 Å². The van der Waals surface area contributed by atoms with Crippen molar-refractivity contribution in [3.05, 3.63) is 24.4 Å². The molecule has 1 aromatic rings. The van der Waals surface area contributed by atoms with Crippen molar-refractivity contribution < 1.29 is 28.7 Å². The summed E-state index contributed by atoms with van der Waals surface area (Å²) in [6.07, 6.45) is 1.66. The van der Waals surface area contributed by atoms with E-state index in [0.717, 1.165) is 0 Å². The first-order chi connectivity index (χ1) is 6.86. The van der Waals surface area contributed by atoms with Crippen LogP contribution in [0.4, 0.5) is 5.82 Å². The molecule has 1 heterocycles. The summed E-state index contributed by atoms with van der Waals surface area (Å²) in [6.45, 7) is 0. The fourth-order valence-corrected chi connectivity index (χ4v) is 0.376. The van der Waals surface area contributed by atoms with Gasteiger partial charge in [-0.3, -0.25) is 0 Å². The van der Waals surface area contributed by atoms with Gasteiger partial charge in [0.1, 0.15) is 5.82 Å². The smallest absolute Gasteiger partial charge is 0.384 e. The molecule has 10 heteroatoms. The van der Waals surface area contributed by atoms with Crippen LogP contribution in [0.25, 0.3) is 0 Å². The second-order valence-electron chi connectivity index (χ2n) is 1.76. The number of nitrogen functional groups attached to an aromatic ring is 1. The van der Waals surface area contributed by atoms with Gasteiger partial charge in [0.15, 0.2) is 0 Å². The summed E-state index contributed by atoms with van der Waals surface area (Å²) in [5, 5.41) is 0. The lowest BCUT2D eigenvalue weighted by molar-refractivity contribution is 0.403. The number of aromatic nitrogens is 1. The first-order valence-electron chi connectivity index (χ1n) is 3.22. The molecule has 15 heavy (non-hydrogen) atoms. The van der Waals surface area contributed by atoms with Crippen molar-refractivity contribution in [3.63, 3.8) is 0 Å². The minimum absolute atomic E-state index is 0.572. The summed E-state index contributed by atoms with van der Waals surface area (Å²) in [6, 6.07) is 5.43. The first-order valence-corrected chi connectivity index (χ1v) is 5.55. The second-order valence-corrected chi connectivity index (χ2v) is 2.77. The highest BCUT2D eigenvalue weighted by Gasteiger charge is 1.93. The predicted octanol–water partition coefficient (Wildman–Crippen LogP) is -0.0794. The molecule has 0 aliphatic heterocycles. The van der Waals surface area contributed by atoms with Gasteiger partial charge in [-0.1, -0.05) is 6.07 Å². The number of anilines is 1. The highest BCUT2D eigenvalue weighted by molar-refractivity contribution is 7.31. The van der Waals surface area contributed by atoms with Crippen molar-refractivity contribution in [2.75, 3.05) is 5.73 Å². The van der Waals surface area contributed by atoms with Gasteiger partial charge in [-0.25, -0.2) is 4.98 Å². The van der Waals surface area contributed by atoms with Crippen molar-refractivity contribution in [2.24, 2.45) is 0 Å². The summed E-state index contributed by atoms with van der Waals surface area (Å²) < 4.78 is 17.4. The molecule has 84 valence electrons. The van der Waals surface area contributed by atoms with Gasteiger partial charge in [-0.15, -0.1) is 19.6 Å². The van der Waals surface area contributed by atoms with Gasteiger partial charge in [0, 0.05) is 15.3 Å². The van der Waals surface area contributed by atoms with Crippen LogP contribution in [-0.2, 0) is 9.13 Å². The maximum absolute atomic E-state index is 8.70. The lowest BCUT2D eigenvalue weighted by atomic mass is 10.5. The molecule has 0 aliphatic carbocycles. The summed E-state index contributed by atoms with van der Waals surface area (Å²) in [5.41, 5.74) is 5.25. The minimum atomic E-state index is -2.87. The molecule has 0 atom stereocenters. The van der Waals surface area contributed by atoms with E-state index in [-0.39, 0.29) is 0 Å². The van der Waals surface area contributed by atoms with Crippen molar-refractivity contribution in [1.29, 1.82) is 0 Å². The first kappa shape index (κ1) is 16.4. The maximum atomic E-state index is 8.70. The van der Waals surface area contributed by atoms with Gasteiger partial charge in [-0.05, 0) is 12.1 Å². The Hall–Kier alpha value is -1.01. The van der Waals surface area contributed by atoms with E-state index >= 15 is 0 Å². The third-order valence-electron chi connectivity index (χ3n) is 0.688. The highest BCUT2D eigenvalue weighted by atomic mass is 31.1.